The summed E-state index contributed by atoms with van der Waals surface area (Å²) in [7, 11) is 0. The number of aldehydes is 1. The zero-order chi connectivity index (χ0) is 21.0. The molecule has 0 radical (unpaired) electrons. The monoisotopic (exact) mass is 409 g/mol. The van der Waals surface area contributed by atoms with E-state index in [-0.39, 0.29) is 12.1 Å². The van der Waals surface area contributed by atoms with E-state index < -0.39 is 0 Å². The molecule has 0 saturated carbocycles. The summed E-state index contributed by atoms with van der Waals surface area (Å²) in [6.07, 6.45) is 8.57. The standard InChI is InChI=1S/C26H35NO3/c1-2-3-4-5-6-10-17-29-25-15-13-23(14-16-25)26-19-27(24(20-28)21-30-26)18-22-11-8-7-9-12-22/h7-9,11-16,20,24,26H,2-6,10,17-19,21H2,1H3. The Balaban J connectivity index is 1.48. The van der Waals surface area contributed by atoms with E-state index in [2.05, 4.69) is 36.1 Å². The van der Waals surface area contributed by atoms with E-state index in [1.54, 1.807) is 0 Å². The zero-order valence-electron chi connectivity index (χ0n) is 18.2. The Morgan fingerprint density at radius 3 is 2.47 bits per heavy atom. The van der Waals surface area contributed by atoms with Gasteiger partial charge in [-0.05, 0) is 29.7 Å². The first-order valence-corrected chi connectivity index (χ1v) is 11.4. The normalized spacial score (nSPS) is 19.5. The average Bonchev–Trinajstić information content (AvgIpc) is 2.79. The maximum absolute atomic E-state index is 11.5. The van der Waals surface area contributed by atoms with Gasteiger partial charge >= 0.3 is 0 Å². The van der Waals surface area contributed by atoms with Crippen LogP contribution in [-0.4, -0.2) is 37.0 Å². The van der Waals surface area contributed by atoms with Crippen LogP contribution in [0.3, 0.4) is 0 Å². The lowest BCUT2D eigenvalue weighted by molar-refractivity contribution is -0.124. The van der Waals surface area contributed by atoms with Gasteiger partial charge in [-0.3, -0.25) is 4.90 Å². The highest BCUT2D eigenvalue weighted by Crippen LogP contribution is 2.27. The third-order valence-electron chi connectivity index (χ3n) is 5.74. The molecule has 1 saturated heterocycles. The van der Waals surface area contributed by atoms with Crippen molar-refractivity contribution in [2.45, 2.75) is 64.1 Å². The summed E-state index contributed by atoms with van der Waals surface area (Å²) in [5.41, 5.74) is 2.34. The molecule has 1 fully saturated rings. The molecule has 4 nitrogen and oxygen atoms in total. The Hall–Kier alpha value is -2.17. The van der Waals surface area contributed by atoms with Crippen LogP contribution < -0.4 is 4.74 Å². The lowest BCUT2D eigenvalue weighted by Gasteiger charge is -2.37. The summed E-state index contributed by atoms with van der Waals surface area (Å²) in [6.45, 7) is 4.90. The van der Waals surface area contributed by atoms with Crippen molar-refractivity contribution in [1.82, 2.24) is 4.90 Å². The topological polar surface area (TPSA) is 38.8 Å². The van der Waals surface area contributed by atoms with E-state index in [0.29, 0.717) is 13.2 Å². The second-order valence-electron chi connectivity index (χ2n) is 8.13. The fourth-order valence-corrected chi connectivity index (χ4v) is 3.90. The summed E-state index contributed by atoms with van der Waals surface area (Å²) in [4.78, 5) is 13.7. The van der Waals surface area contributed by atoms with Gasteiger partial charge in [-0.25, -0.2) is 0 Å². The number of carbonyl (C=O) groups is 1. The number of ether oxygens (including phenoxy) is 2. The van der Waals surface area contributed by atoms with Crippen molar-refractivity contribution in [2.75, 3.05) is 19.8 Å². The van der Waals surface area contributed by atoms with Crippen LogP contribution in [-0.2, 0) is 16.1 Å². The first-order valence-electron chi connectivity index (χ1n) is 11.4. The minimum atomic E-state index is -0.193. The molecule has 162 valence electrons. The summed E-state index contributed by atoms with van der Waals surface area (Å²) in [5, 5.41) is 0. The predicted molar refractivity (Wildman–Crippen MR) is 121 cm³/mol. The molecule has 2 unspecified atom stereocenters. The molecule has 0 aliphatic carbocycles. The van der Waals surface area contributed by atoms with Crippen LogP contribution in [0, 0.1) is 0 Å². The van der Waals surface area contributed by atoms with Crippen molar-refractivity contribution in [2.24, 2.45) is 0 Å². The molecule has 2 aromatic carbocycles. The first kappa shape index (κ1) is 22.5. The molecular formula is C26H35NO3. The Bertz CT molecular complexity index is 732. The number of benzene rings is 2. The van der Waals surface area contributed by atoms with E-state index in [9.17, 15) is 4.79 Å². The van der Waals surface area contributed by atoms with Gasteiger partial charge in [0, 0.05) is 13.1 Å². The SMILES string of the molecule is CCCCCCCCOc1ccc(C2CN(Cc3ccccc3)C(C=O)CO2)cc1. The number of rotatable bonds is 12. The second kappa shape index (κ2) is 12.5. The fraction of sp³-hybridized carbons (Fsp3) is 0.500. The highest BCUT2D eigenvalue weighted by atomic mass is 16.5. The lowest BCUT2D eigenvalue weighted by Crippen LogP contribution is -2.46. The van der Waals surface area contributed by atoms with Crippen molar-refractivity contribution in [3.8, 4) is 5.75 Å². The van der Waals surface area contributed by atoms with Gasteiger partial charge < -0.3 is 14.3 Å². The average molecular weight is 410 g/mol. The highest BCUT2D eigenvalue weighted by molar-refractivity contribution is 5.58. The highest BCUT2D eigenvalue weighted by Gasteiger charge is 2.29. The molecule has 0 bridgehead atoms. The zero-order valence-corrected chi connectivity index (χ0v) is 18.2. The Morgan fingerprint density at radius 2 is 1.73 bits per heavy atom. The first-order chi connectivity index (χ1) is 14.8. The molecule has 2 aromatic rings. The van der Waals surface area contributed by atoms with E-state index in [0.717, 1.165) is 37.2 Å². The van der Waals surface area contributed by atoms with Crippen molar-refractivity contribution >= 4 is 6.29 Å². The van der Waals surface area contributed by atoms with Crippen LogP contribution in [0.25, 0.3) is 0 Å². The van der Waals surface area contributed by atoms with Crippen LogP contribution in [0.15, 0.2) is 54.6 Å². The maximum atomic E-state index is 11.5. The van der Waals surface area contributed by atoms with Gasteiger partial charge in [-0.1, -0.05) is 81.5 Å². The van der Waals surface area contributed by atoms with E-state index in [4.69, 9.17) is 9.47 Å². The van der Waals surface area contributed by atoms with E-state index in [1.807, 2.05) is 30.3 Å². The second-order valence-corrected chi connectivity index (χ2v) is 8.13. The van der Waals surface area contributed by atoms with Crippen LogP contribution in [0.1, 0.15) is 62.7 Å². The molecule has 30 heavy (non-hydrogen) atoms. The smallest absolute Gasteiger partial charge is 0.139 e. The third kappa shape index (κ3) is 6.96. The van der Waals surface area contributed by atoms with Crippen molar-refractivity contribution < 1.29 is 14.3 Å². The summed E-state index contributed by atoms with van der Waals surface area (Å²) in [6, 6.07) is 18.3. The molecule has 4 heteroatoms. The molecular weight excluding hydrogens is 374 g/mol. The third-order valence-corrected chi connectivity index (χ3v) is 5.74. The number of hydrogen-bond donors (Lipinski definition) is 0. The van der Waals surface area contributed by atoms with Crippen LogP contribution in [0.4, 0.5) is 0 Å². The van der Waals surface area contributed by atoms with Crippen LogP contribution in [0.2, 0.25) is 0 Å². The van der Waals surface area contributed by atoms with Gasteiger partial charge in [0.2, 0.25) is 0 Å². The maximum Gasteiger partial charge on any atom is 0.139 e. The van der Waals surface area contributed by atoms with E-state index in [1.165, 1.54) is 37.7 Å². The lowest BCUT2D eigenvalue weighted by atomic mass is 10.0. The number of hydrogen-bond acceptors (Lipinski definition) is 4. The van der Waals surface area contributed by atoms with Crippen molar-refractivity contribution in [1.29, 1.82) is 0 Å². The largest absolute Gasteiger partial charge is 0.494 e. The number of unbranched alkanes of at least 4 members (excludes halogenated alkanes) is 5. The molecule has 3 rings (SSSR count). The minimum absolute atomic E-state index is 0.0301. The van der Waals surface area contributed by atoms with E-state index >= 15 is 0 Å². The van der Waals surface area contributed by atoms with Gasteiger partial charge in [0.25, 0.3) is 0 Å². The quantitative estimate of drug-likeness (QED) is 0.339. The molecule has 0 spiro atoms. The number of carbonyl (C=O) groups excluding carboxylic acids is 1. The van der Waals surface area contributed by atoms with Crippen molar-refractivity contribution in [3.05, 3.63) is 65.7 Å². The minimum Gasteiger partial charge on any atom is -0.494 e. The Morgan fingerprint density at radius 1 is 1.00 bits per heavy atom. The molecule has 0 amide bonds. The molecule has 2 atom stereocenters. The Kier molecular flexibility index (Phi) is 9.39. The predicted octanol–water partition coefficient (Wildman–Crippen LogP) is 5.57. The number of morpholine rings is 1. The molecule has 1 aliphatic heterocycles. The molecule has 1 aliphatic rings. The van der Waals surface area contributed by atoms with Gasteiger partial charge in [0.05, 0.1) is 25.4 Å². The summed E-state index contributed by atoms with van der Waals surface area (Å²) >= 11 is 0. The summed E-state index contributed by atoms with van der Waals surface area (Å²) < 4.78 is 11.9. The number of nitrogens with zero attached hydrogens (tertiary/aromatic N) is 1. The van der Waals surface area contributed by atoms with Gasteiger partial charge in [0.1, 0.15) is 12.0 Å². The van der Waals surface area contributed by atoms with Gasteiger partial charge in [-0.15, -0.1) is 0 Å². The van der Waals surface area contributed by atoms with Crippen LogP contribution >= 0.6 is 0 Å². The van der Waals surface area contributed by atoms with Crippen LogP contribution in [0.5, 0.6) is 5.75 Å². The molecule has 1 heterocycles. The fourth-order valence-electron chi connectivity index (χ4n) is 3.90. The summed E-state index contributed by atoms with van der Waals surface area (Å²) in [5.74, 6) is 0.912. The van der Waals surface area contributed by atoms with Crippen molar-refractivity contribution in [3.63, 3.8) is 0 Å². The molecule has 0 N–H and O–H groups in total. The van der Waals surface area contributed by atoms with Gasteiger partial charge in [0.15, 0.2) is 0 Å². The Labute approximate surface area is 181 Å². The molecule has 0 aromatic heterocycles. The van der Waals surface area contributed by atoms with Gasteiger partial charge in [-0.2, -0.15) is 0 Å².